The summed E-state index contributed by atoms with van der Waals surface area (Å²) in [6.07, 6.45) is -0.412. The number of rotatable bonds is 10. The lowest BCUT2D eigenvalue weighted by molar-refractivity contribution is -0.149. The highest BCUT2D eigenvalue weighted by molar-refractivity contribution is 5.91. The van der Waals surface area contributed by atoms with E-state index in [4.69, 9.17) is 9.47 Å². The highest BCUT2D eigenvalue weighted by Crippen LogP contribution is 2.44. The molecule has 3 N–H and O–H groups in total. The summed E-state index contributed by atoms with van der Waals surface area (Å²) in [5.74, 6) is -1.87. The van der Waals surface area contributed by atoms with Crippen LogP contribution in [0.3, 0.4) is 0 Å². The highest BCUT2D eigenvalue weighted by Gasteiger charge is 2.37. The van der Waals surface area contributed by atoms with Gasteiger partial charge in [0.15, 0.2) is 5.54 Å². The van der Waals surface area contributed by atoms with E-state index >= 15 is 0 Å². The van der Waals surface area contributed by atoms with E-state index in [-0.39, 0.29) is 25.0 Å². The van der Waals surface area contributed by atoms with Crippen LogP contribution in [0.5, 0.6) is 0 Å². The first kappa shape index (κ1) is 25.2. The van der Waals surface area contributed by atoms with Crippen molar-refractivity contribution in [3.63, 3.8) is 0 Å². The van der Waals surface area contributed by atoms with Crippen LogP contribution in [-0.4, -0.2) is 55.0 Å². The lowest BCUT2D eigenvalue weighted by Crippen LogP contribution is -2.60. The maximum atomic E-state index is 12.9. The Morgan fingerprint density at radius 3 is 2.09 bits per heavy atom. The molecule has 0 heterocycles. The van der Waals surface area contributed by atoms with Crippen molar-refractivity contribution in [3.05, 3.63) is 59.7 Å². The first-order chi connectivity index (χ1) is 16.2. The summed E-state index contributed by atoms with van der Waals surface area (Å²) in [4.78, 5) is 37.2. The molecule has 8 nitrogen and oxygen atoms in total. The molecular formula is C26H32N2O6. The number of hydrogen-bond donors (Lipinski definition) is 3. The summed E-state index contributed by atoms with van der Waals surface area (Å²) in [6, 6.07) is 15.1. The lowest BCUT2D eigenvalue weighted by Gasteiger charge is -2.28. The topological polar surface area (TPSA) is 114 Å². The van der Waals surface area contributed by atoms with E-state index in [0.29, 0.717) is 6.42 Å². The van der Waals surface area contributed by atoms with Gasteiger partial charge in [0.1, 0.15) is 12.6 Å². The lowest BCUT2D eigenvalue weighted by atomic mass is 9.98. The number of ether oxygens (including phenoxy) is 2. The number of carboxylic acid groups (broad SMARTS) is 1. The fourth-order valence-corrected chi connectivity index (χ4v) is 4.28. The van der Waals surface area contributed by atoms with Gasteiger partial charge in [-0.2, -0.15) is 0 Å². The van der Waals surface area contributed by atoms with Crippen molar-refractivity contribution in [3.8, 4) is 11.1 Å². The van der Waals surface area contributed by atoms with E-state index < -0.39 is 29.6 Å². The predicted molar refractivity (Wildman–Crippen MR) is 128 cm³/mol. The minimum atomic E-state index is -1.62. The Balaban J connectivity index is 1.69. The highest BCUT2D eigenvalue weighted by atomic mass is 16.5. The molecular weight excluding hydrogens is 436 g/mol. The van der Waals surface area contributed by atoms with Gasteiger partial charge in [-0.3, -0.25) is 4.79 Å². The molecule has 1 aliphatic rings. The van der Waals surface area contributed by atoms with Gasteiger partial charge in [0, 0.05) is 13.0 Å². The Labute approximate surface area is 199 Å². The number of carbonyl (C=O) groups is 3. The van der Waals surface area contributed by atoms with E-state index in [1.807, 2.05) is 50.2 Å². The molecule has 3 rings (SSSR count). The molecule has 2 atom stereocenters. The molecule has 182 valence electrons. The maximum absolute atomic E-state index is 12.9. The average Bonchev–Trinajstić information content (AvgIpc) is 3.10. The smallest absolute Gasteiger partial charge is 0.407 e. The molecule has 0 saturated carbocycles. The summed E-state index contributed by atoms with van der Waals surface area (Å²) in [7, 11) is 1.36. The SMILES string of the molecule is COCC(C)(NC(=O)[C@@H](CC(C)C)NC(=O)OCC1c2ccccc2-c2ccccc21)C(=O)O. The zero-order chi connectivity index (χ0) is 24.9. The molecule has 0 spiro atoms. The molecule has 34 heavy (non-hydrogen) atoms. The number of carboxylic acids is 1. The van der Waals surface area contributed by atoms with E-state index in [1.165, 1.54) is 14.0 Å². The van der Waals surface area contributed by atoms with Crippen LogP contribution in [0, 0.1) is 5.92 Å². The van der Waals surface area contributed by atoms with Crippen molar-refractivity contribution in [1.29, 1.82) is 0 Å². The van der Waals surface area contributed by atoms with Crippen LogP contribution in [0.1, 0.15) is 44.2 Å². The number of amides is 2. The average molecular weight is 469 g/mol. The van der Waals surface area contributed by atoms with E-state index in [0.717, 1.165) is 22.3 Å². The molecule has 0 saturated heterocycles. The maximum Gasteiger partial charge on any atom is 0.407 e. The van der Waals surface area contributed by atoms with Crippen LogP contribution < -0.4 is 10.6 Å². The number of benzene rings is 2. The molecule has 8 heteroatoms. The number of nitrogens with one attached hydrogen (secondary N) is 2. The van der Waals surface area contributed by atoms with Gasteiger partial charge in [-0.15, -0.1) is 0 Å². The second-order valence-electron chi connectivity index (χ2n) is 9.21. The third kappa shape index (κ3) is 5.56. The van der Waals surface area contributed by atoms with Crippen molar-refractivity contribution in [2.45, 2.75) is 44.7 Å². The van der Waals surface area contributed by atoms with Gasteiger partial charge >= 0.3 is 12.1 Å². The Kier molecular flexibility index (Phi) is 7.94. The van der Waals surface area contributed by atoms with Gasteiger partial charge in [-0.25, -0.2) is 9.59 Å². The molecule has 2 aromatic carbocycles. The van der Waals surface area contributed by atoms with Gasteiger partial charge in [0.2, 0.25) is 5.91 Å². The first-order valence-corrected chi connectivity index (χ1v) is 11.3. The number of hydrogen-bond acceptors (Lipinski definition) is 5. The minimum Gasteiger partial charge on any atom is -0.479 e. The van der Waals surface area contributed by atoms with E-state index in [1.54, 1.807) is 0 Å². The summed E-state index contributed by atoms with van der Waals surface area (Å²) >= 11 is 0. The summed E-state index contributed by atoms with van der Waals surface area (Å²) in [5.41, 5.74) is 2.80. The van der Waals surface area contributed by atoms with Crippen LogP contribution in [-0.2, 0) is 19.1 Å². The van der Waals surface area contributed by atoms with Crippen LogP contribution in [0.2, 0.25) is 0 Å². The second kappa shape index (κ2) is 10.7. The summed E-state index contributed by atoms with van der Waals surface area (Å²) in [6.45, 7) is 5.08. The zero-order valence-corrected chi connectivity index (χ0v) is 20.0. The predicted octanol–water partition coefficient (Wildman–Crippen LogP) is 3.55. The van der Waals surface area contributed by atoms with Crippen molar-refractivity contribution in [1.82, 2.24) is 10.6 Å². The zero-order valence-electron chi connectivity index (χ0n) is 20.0. The number of alkyl carbamates (subject to hydrolysis) is 1. The molecule has 2 aromatic rings. The fraction of sp³-hybridized carbons (Fsp3) is 0.423. The minimum absolute atomic E-state index is 0.0724. The number of carbonyl (C=O) groups excluding carboxylic acids is 2. The molecule has 0 aromatic heterocycles. The normalized spacial score (nSPS) is 15.1. The van der Waals surface area contributed by atoms with E-state index in [9.17, 15) is 19.5 Å². The molecule has 1 unspecified atom stereocenters. The Hall–Kier alpha value is -3.39. The molecule has 0 fully saturated rings. The van der Waals surface area contributed by atoms with Gasteiger partial charge in [-0.05, 0) is 41.5 Å². The number of aliphatic carboxylic acids is 1. The second-order valence-corrected chi connectivity index (χ2v) is 9.21. The summed E-state index contributed by atoms with van der Waals surface area (Å²) in [5, 5.41) is 14.6. The molecule has 1 aliphatic carbocycles. The van der Waals surface area contributed by atoms with Crippen LogP contribution in [0.4, 0.5) is 4.79 Å². The van der Waals surface area contributed by atoms with Crippen LogP contribution in [0.15, 0.2) is 48.5 Å². The number of fused-ring (bicyclic) bond motifs is 3. The number of methoxy groups -OCH3 is 1. The summed E-state index contributed by atoms with van der Waals surface area (Å²) < 4.78 is 10.5. The molecule has 0 bridgehead atoms. The Morgan fingerprint density at radius 1 is 1.03 bits per heavy atom. The third-order valence-electron chi connectivity index (χ3n) is 5.96. The van der Waals surface area contributed by atoms with Crippen molar-refractivity contribution < 1.29 is 29.0 Å². The van der Waals surface area contributed by atoms with Gasteiger partial charge in [0.05, 0.1) is 6.61 Å². The Bertz CT molecular complexity index is 1010. The van der Waals surface area contributed by atoms with Crippen LogP contribution >= 0.6 is 0 Å². The van der Waals surface area contributed by atoms with Crippen molar-refractivity contribution >= 4 is 18.0 Å². The first-order valence-electron chi connectivity index (χ1n) is 11.3. The quantitative estimate of drug-likeness (QED) is 0.491. The third-order valence-corrected chi connectivity index (χ3v) is 5.96. The van der Waals surface area contributed by atoms with Gasteiger partial charge < -0.3 is 25.2 Å². The fourth-order valence-electron chi connectivity index (χ4n) is 4.28. The van der Waals surface area contributed by atoms with E-state index in [2.05, 4.69) is 22.8 Å². The van der Waals surface area contributed by atoms with Crippen molar-refractivity contribution in [2.24, 2.45) is 5.92 Å². The van der Waals surface area contributed by atoms with Crippen LogP contribution in [0.25, 0.3) is 11.1 Å². The molecule has 0 radical (unpaired) electrons. The van der Waals surface area contributed by atoms with Gasteiger partial charge in [0.25, 0.3) is 0 Å². The largest absolute Gasteiger partial charge is 0.479 e. The Morgan fingerprint density at radius 2 is 1.59 bits per heavy atom. The standard InChI is InChI=1S/C26H32N2O6/c1-16(2)13-22(23(29)28-26(3,15-33-4)24(30)31)27-25(32)34-14-21-19-11-7-5-9-17(19)18-10-6-8-12-20(18)21/h5-12,16,21-22H,13-15H2,1-4H3,(H,27,32)(H,28,29)(H,30,31)/t22-,26?/m1/s1. The molecule has 0 aliphatic heterocycles. The molecule has 2 amide bonds. The monoisotopic (exact) mass is 468 g/mol. The van der Waals surface area contributed by atoms with Gasteiger partial charge in [-0.1, -0.05) is 62.4 Å². The van der Waals surface area contributed by atoms with Crippen molar-refractivity contribution in [2.75, 3.05) is 20.3 Å².